The average molecular weight is 261 g/mol. The van der Waals surface area contributed by atoms with E-state index in [0.717, 1.165) is 44.9 Å². The number of piperazine rings is 1. The first-order valence-corrected chi connectivity index (χ1v) is 7.26. The van der Waals surface area contributed by atoms with Crippen molar-refractivity contribution >= 4 is 11.4 Å². The van der Waals surface area contributed by atoms with Crippen LogP contribution < -0.4 is 19.9 Å². The van der Waals surface area contributed by atoms with Crippen LogP contribution in [-0.4, -0.2) is 45.9 Å². The molecule has 1 aromatic rings. The van der Waals surface area contributed by atoms with E-state index in [1.807, 2.05) is 0 Å². The molecule has 0 aliphatic carbocycles. The lowest BCUT2D eigenvalue weighted by molar-refractivity contribution is 0.192. The van der Waals surface area contributed by atoms with Crippen molar-refractivity contribution in [2.75, 3.05) is 49.6 Å². The third kappa shape index (κ3) is 2.37. The molecule has 0 amide bonds. The van der Waals surface area contributed by atoms with Crippen molar-refractivity contribution in [2.45, 2.75) is 19.4 Å². The number of anilines is 2. The fraction of sp³-hybridized carbons (Fsp3) is 0.600. The minimum Gasteiger partial charge on any atom is -0.486 e. The van der Waals surface area contributed by atoms with Crippen molar-refractivity contribution in [3.8, 4) is 5.75 Å². The van der Waals surface area contributed by atoms with Crippen molar-refractivity contribution in [3.63, 3.8) is 0 Å². The zero-order valence-electron chi connectivity index (χ0n) is 11.9. The summed E-state index contributed by atoms with van der Waals surface area (Å²) in [7, 11) is 2.18. The fourth-order valence-corrected chi connectivity index (χ4v) is 2.98. The van der Waals surface area contributed by atoms with Gasteiger partial charge in [-0.3, -0.25) is 0 Å². The van der Waals surface area contributed by atoms with Gasteiger partial charge in [-0.15, -0.1) is 0 Å². The first kappa shape index (κ1) is 12.6. The van der Waals surface area contributed by atoms with Gasteiger partial charge in [0.25, 0.3) is 0 Å². The predicted molar refractivity (Wildman–Crippen MR) is 79.5 cm³/mol. The van der Waals surface area contributed by atoms with Crippen molar-refractivity contribution in [1.82, 2.24) is 5.32 Å². The Balaban J connectivity index is 1.94. The van der Waals surface area contributed by atoms with Gasteiger partial charge in [0, 0.05) is 33.2 Å². The van der Waals surface area contributed by atoms with E-state index < -0.39 is 0 Å². The van der Waals surface area contributed by atoms with E-state index in [2.05, 4.69) is 47.3 Å². The van der Waals surface area contributed by atoms with Crippen LogP contribution in [0.15, 0.2) is 18.2 Å². The highest BCUT2D eigenvalue weighted by molar-refractivity contribution is 5.78. The van der Waals surface area contributed by atoms with Crippen molar-refractivity contribution in [2.24, 2.45) is 0 Å². The molecule has 19 heavy (non-hydrogen) atoms. The number of ether oxygens (including phenoxy) is 1. The van der Waals surface area contributed by atoms with Crippen LogP contribution >= 0.6 is 0 Å². The fourth-order valence-electron chi connectivity index (χ4n) is 2.98. The highest BCUT2D eigenvalue weighted by Crippen LogP contribution is 2.41. The first-order valence-electron chi connectivity index (χ1n) is 7.26. The minimum absolute atomic E-state index is 0.316. The van der Waals surface area contributed by atoms with E-state index in [1.165, 1.54) is 11.4 Å². The number of hydrogen-bond donors (Lipinski definition) is 1. The van der Waals surface area contributed by atoms with E-state index in [0.29, 0.717) is 6.10 Å². The Morgan fingerprint density at radius 3 is 2.84 bits per heavy atom. The molecule has 2 aliphatic heterocycles. The van der Waals surface area contributed by atoms with Crippen LogP contribution in [0.3, 0.4) is 0 Å². The zero-order valence-corrected chi connectivity index (χ0v) is 11.9. The largest absolute Gasteiger partial charge is 0.486 e. The van der Waals surface area contributed by atoms with Crippen molar-refractivity contribution in [1.29, 1.82) is 0 Å². The summed E-state index contributed by atoms with van der Waals surface area (Å²) in [4.78, 5) is 4.81. The number of hydrogen-bond acceptors (Lipinski definition) is 4. The van der Waals surface area contributed by atoms with Crippen molar-refractivity contribution < 1.29 is 4.74 Å². The minimum atomic E-state index is 0.316. The zero-order chi connectivity index (χ0) is 13.2. The normalized spacial score (nSPS) is 22.9. The van der Waals surface area contributed by atoms with Gasteiger partial charge in [0.15, 0.2) is 0 Å². The van der Waals surface area contributed by atoms with Crippen LogP contribution in [0.5, 0.6) is 5.75 Å². The molecular formula is C15H23N3O. The van der Waals surface area contributed by atoms with Gasteiger partial charge in [-0.25, -0.2) is 0 Å². The lowest BCUT2D eigenvalue weighted by Gasteiger charge is -2.38. The Morgan fingerprint density at radius 2 is 2.11 bits per heavy atom. The third-order valence-corrected chi connectivity index (χ3v) is 4.04. The molecule has 2 aliphatic rings. The van der Waals surface area contributed by atoms with Gasteiger partial charge in [0.2, 0.25) is 0 Å². The molecule has 1 N–H and O–H groups in total. The van der Waals surface area contributed by atoms with E-state index in [-0.39, 0.29) is 0 Å². The number of nitrogens with one attached hydrogen (secondary N) is 1. The average Bonchev–Trinajstić information content (AvgIpc) is 2.47. The second-order valence-electron chi connectivity index (χ2n) is 5.39. The maximum atomic E-state index is 6.10. The molecule has 3 rings (SSSR count). The molecule has 4 nitrogen and oxygen atoms in total. The number of para-hydroxylation sites is 1. The molecule has 1 atom stereocenters. The Bertz CT molecular complexity index is 443. The molecule has 2 heterocycles. The maximum Gasteiger partial charge on any atom is 0.145 e. The Hall–Kier alpha value is -1.42. The molecule has 0 bridgehead atoms. The summed E-state index contributed by atoms with van der Waals surface area (Å²) in [5.74, 6) is 1.04. The summed E-state index contributed by atoms with van der Waals surface area (Å²) < 4.78 is 6.10. The first-order chi connectivity index (χ1) is 9.29. The summed E-state index contributed by atoms with van der Waals surface area (Å²) >= 11 is 0. The highest BCUT2D eigenvalue weighted by atomic mass is 16.5. The lowest BCUT2D eigenvalue weighted by Crippen LogP contribution is -2.45. The molecule has 0 saturated carbocycles. The number of nitrogens with zero attached hydrogens (tertiary/aromatic N) is 2. The van der Waals surface area contributed by atoms with Crippen LogP contribution in [0.25, 0.3) is 0 Å². The summed E-state index contributed by atoms with van der Waals surface area (Å²) in [5, 5.41) is 3.41. The van der Waals surface area contributed by atoms with Gasteiger partial charge in [-0.05, 0) is 18.6 Å². The second kappa shape index (κ2) is 5.29. The molecule has 4 heteroatoms. The van der Waals surface area contributed by atoms with Crippen LogP contribution in [0, 0.1) is 0 Å². The van der Waals surface area contributed by atoms with E-state index in [1.54, 1.807) is 0 Å². The number of fused-ring (bicyclic) bond motifs is 1. The molecular weight excluding hydrogens is 238 g/mol. The van der Waals surface area contributed by atoms with E-state index in [4.69, 9.17) is 4.74 Å². The molecule has 1 unspecified atom stereocenters. The monoisotopic (exact) mass is 261 g/mol. The van der Waals surface area contributed by atoms with Crippen LogP contribution in [0.4, 0.5) is 11.4 Å². The van der Waals surface area contributed by atoms with Gasteiger partial charge in [0.05, 0.1) is 12.2 Å². The van der Waals surface area contributed by atoms with E-state index >= 15 is 0 Å². The summed E-state index contributed by atoms with van der Waals surface area (Å²) in [6.45, 7) is 7.43. The van der Waals surface area contributed by atoms with E-state index in [9.17, 15) is 0 Å². The standard InChI is InChI=1S/C15H23N3O/c1-3-12-11-17(2)15-13(5-4-6-14(15)19-12)18-9-7-16-8-10-18/h4-6,12,16H,3,7-11H2,1-2H3. The molecule has 1 saturated heterocycles. The smallest absolute Gasteiger partial charge is 0.145 e. The van der Waals surface area contributed by atoms with Crippen LogP contribution in [0.2, 0.25) is 0 Å². The number of benzene rings is 1. The summed E-state index contributed by atoms with van der Waals surface area (Å²) in [6.07, 6.45) is 1.37. The van der Waals surface area contributed by atoms with Gasteiger partial charge in [-0.2, -0.15) is 0 Å². The van der Waals surface area contributed by atoms with Crippen LogP contribution in [0.1, 0.15) is 13.3 Å². The topological polar surface area (TPSA) is 27.7 Å². The lowest BCUT2D eigenvalue weighted by atomic mass is 10.1. The third-order valence-electron chi connectivity index (χ3n) is 4.04. The Labute approximate surface area is 115 Å². The van der Waals surface area contributed by atoms with Crippen LogP contribution in [-0.2, 0) is 0 Å². The SMILES string of the molecule is CCC1CN(C)c2c(cccc2N2CCNCC2)O1. The Kier molecular flexibility index (Phi) is 3.51. The molecule has 104 valence electrons. The number of rotatable bonds is 2. The summed E-state index contributed by atoms with van der Waals surface area (Å²) in [5.41, 5.74) is 2.57. The molecule has 0 spiro atoms. The highest BCUT2D eigenvalue weighted by Gasteiger charge is 2.26. The van der Waals surface area contributed by atoms with Gasteiger partial charge in [-0.1, -0.05) is 13.0 Å². The predicted octanol–water partition coefficient (Wildman–Crippen LogP) is 1.70. The Morgan fingerprint density at radius 1 is 1.32 bits per heavy atom. The quantitative estimate of drug-likeness (QED) is 0.877. The molecule has 0 aromatic heterocycles. The van der Waals surface area contributed by atoms with Gasteiger partial charge < -0.3 is 19.9 Å². The summed E-state index contributed by atoms with van der Waals surface area (Å²) in [6, 6.07) is 6.43. The molecule has 1 fully saturated rings. The number of likely N-dealkylation sites (N-methyl/N-ethyl adjacent to an activating group) is 1. The molecule has 0 radical (unpaired) electrons. The van der Waals surface area contributed by atoms with Crippen molar-refractivity contribution in [3.05, 3.63) is 18.2 Å². The van der Waals surface area contributed by atoms with Gasteiger partial charge >= 0.3 is 0 Å². The van der Waals surface area contributed by atoms with Gasteiger partial charge in [0.1, 0.15) is 17.5 Å². The second-order valence-corrected chi connectivity index (χ2v) is 5.39. The maximum absolute atomic E-state index is 6.10. The molecule has 1 aromatic carbocycles.